The number of methoxy groups -OCH3 is 1. The minimum absolute atomic E-state index is 0.113. The minimum Gasteiger partial charge on any atom is -0.495 e. The Bertz CT molecular complexity index is 2110. The number of aromatic nitrogens is 3. The Hall–Kier alpha value is -5.12. The van der Waals surface area contributed by atoms with Gasteiger partial charge in [0.25, 0.3) is 0 Å². The largest absolute Gasteiger partial charge is 0.495 e. The van der Waals surface area contributed by atoms with Crippen molar-refractivity contribution in [2.45, 2.75) is 137 Å². The van der Waals surface area contributed by atoms with Gasteiger partial charge in [-0.15, -0.1) is 5.10 Å². The van der Waals surface area contributed by atoms with E-state index < -0.39 is 53.3 Å². The summed E-state index contributed by atoms with van der Waals surface area (Å²) < 4.78 is 25.1. The van der Waals surface area contributed by atoms with Gasteiger partial charge < -0.3 is 34.9 Å². The Morgan fingerprint density at radius 3 is 2.41 bits per heavy atom. The smallest absolute Gasteiger partial charge is 0.328 e. The van der Waals surface area contributed by atoms with E-state index in [1.807, 2.05) is 65.1 Å². The van der Waals surface area contributed by atoms with Crippen LogP contribution in [0.15, 0.2) is 60.8 Å². The van der Waals surface area contributed by atoms with Gasteiger partial charge >= 0.3 is 5.97 Å². The first-order valence-electron chi connectivity index (χ1n) is 21.6. The van der Waals surface area contributed by atoms with E-state index in [0.717, 1.165) is 11.1 Å². The fraction of sp³-hybridized carbons (Fsp3) is 0.553. The van der Waals surface area contributed by atoms with Crippen molar-refractivity contribution in [2.24, 2.45) is 16.7 Å². The lowest BCUT2D eigenvalue weighted by Gasteiger charge is -2.35. The van der Waals surface area contributed by atoms with Crippen molar-refractivity contribution in [3.63, 3.8) is 0 Å². The second-order valence-corrected chi connectivity index (χ2v) is 18.7. The molecule has 0 radical (unpaired) electrons. The maximum atomic E-state index is 14.1. The lowest BCUT2D eigenvalue weighted by Crippen LogP contribution is -2.58. The average molecular weight is 892 g/mol. The van der Waals surface area contributed by atoms with Gasteiger partial charge in [0, 0.05) is 37.6 Å². The number of ketones is 1. The zero-order chi connectivity index (χ0) is 46.1. The van der Waals surface area contributed by atoms with Gasteiger partial charge in [0.05, 0.1) is 49.6 Å². The number of halogens is 1. The molecule has 1 saturated heterocycles. The second-order valence-electron chi connectivity index (χ2n) is 18.3. The number of nitrogens with zero attached hydrogens (tertiary/aromatic N) is 3. The van der Waals surface area contributed by atoms with Crippen molar-refractivity contribution >= 4 is 41.1 Å². The second kappa shape index (κ2) is 21.5. The Morgan fingerprint density at radius 1 is 1.03 bits per heavy atom. The van der Waals surface area contributed by atoms with E-state index >= 15 is 0 Å². The van der Waals surface area contributed by atoms with Crippen LogP contribution in [0.2, 0.25) is 5.02 Å². The van der Waals surface area contributed by atoms with Crippen LogP contribution in [0.3, 0.4) is 0 Å². The Balaban J connectivity index is 1.32. The number of hydrogen-bond acceptors (Lipinski definition) is 11. The van der Waals surface area contributed by atoms with E-state index in [2.05, 4.69) is 26.3 Å². The molecule has 0 unspecified atom stereocenters. The molecule has 1 aromatic heterocycles. The van der Waals surface area contributed by atoms with E-state index in [0.29, 0.717) is 54.4 Å². The third kappa shape index (κ3) is 13.9. The molecular formula is C47H63ClN6O9. The van der Waals surface area contributed by atoms with Gasteiger partial charge in [-0.3, -0.25) is 19.2 Å². The van der Waals surface area contributed by atoms with Gasteiger partial charge in [-0.1, -0.05) is 87.8 Å². The van der Waals surface area contributed by atoms with Gasteiger partial charge in [-0.05, 0) is 67.5 Å². The Morgan fingerprint density at radius 2 is 1.75 bits per heavy atom. The number of rotatable bonds is 15. The van der Waals surface area contributed by atoms with Gasteiger partial charge in [0.15, 0.2) is 0 Å². The topological polar surface area (TPSA) is 192 Å². The number of epoxide rings is 1. The number of carbonyl (C=O) groups is 5. The minimum atomic E-state index is -1.18. The van der Waals surface area contributed by atoms with E-state index in [1.165, 1.54) is 13.2 Å². The zero-order valence-corrected chi connectivity index (χ0v) is 38.6. The van der Waals surface area contributed by atoms with Crippen LogP contribution in [0.1, 0.15) is 110 Å². The van der Waals surface area contributed by atoms with Crippen molar-refractivity contribution in [1.82, 2.24) is 30.9 Å². The first-order chi connectivity index (χ1) is 29.8. The van der Waals surface area contributed by atoms with Crippen molar-refractivity contribution in [2.75, 3.05) is 13.7 Å². The number of cyclic esters (lactones) is 1. The normalized spacial score (nSPS) is 24.3. The summed E-state index contributed by atoms with van der Waals surface area (Å²) in [5.74, 6) is -1.73. The predicted octanol–water partition coefficient (Wildman–Crippen LogP) is 6.00. The molecule has 0 saturated carbocycles. The Kier molecular flexibility index (Phi) is 16.7. The lowest BCUT2D eigenvalue weighted by molar-refractivity contribution is -0.157. The maximum Gasteiger partial charge on any atom is 0.328 e. The fourth-order valence-electron chi connectivity index (χ4n) is 7.28. The van der Waals surface area contributed by atoms with Crippen molar-refractivity contribution in [1.29, 1.82) is 0 Å². The first kappa shape index (κ1) is 48.9. The molecule has 5 rings (SSSR count). The van der Waals surface area contributed by atoms with Crippen molar-refractivity contribution < 1.29 is 42.9 Å². The number of Topliss-reactive ketones (excluding diaryl/α,β-unsaturated/α-hetero) is 1. The van der Waals surface area contributed by atoms with Crippen LogP contribution < -0.4 is 20.7 Å². The van der Waals surface area contributed by atoms with Crippen LogP contribution >= 0.6 is 11.6 Å². The molecular weight excluding hydrogens is 828 g/mol. The molecule has 7 atom stereocenters. The zero-order valence-electron chi connectivity index (χ0n) is 37.9. The van der Waals surface area contributed by atoms with Crippen LogP contribution in [0.25, 0.3) is 0 Å². The van der Waals surface area contributed by atoms with Gasteiger partial charge in [0.2, 0.25) is 17.7 Å². The SMILES string of the molecule is CCC(=O)CCOCc1cn(Cc2ccc([C@H]3O[C@@H]3[C@@H](C)[C@@H]3C/C=C/C(=O)N[C@H](Cc4ccc(OC)c(Cl)c4)C(=O)N[C@@H](C)C(C)(C)C(=O)N[C@@H](CC(C)(C)C)C(=O)O3)cc2)nn1. The monoisotopic (exact) mass is 890 g/mol. The first-order valence-corrected chi connectivity index (χ1v) is 22.0. The highest BCUT2D eigenvalue weighted by Gasteiger charge is 2.48. The molecule has 2 aliphatic heterocycles. The number of amides is 3. The lowest BCUT2D eigenvalue weighted by atomic mass is 9.82. The van der Waals surface area contributed by atoms with Crippen LogP contribution in [0.4, 0.5) is 0 Å². The van der Waals surface area contributed by atoms with Gasteiger partial charge in [0.1, 0.15) is 41.5 Å². The van der Waals surface area contributed by atoms with Gasteiger partial charge in [-0.2, -0.15) is 0 Å². The molecule has 342 valence electrons. The van der Waals surface area contributed by atoms with Crippen LogP contribution in [0, 0.1) is 16.7 Å². The van der Waals surface area contributed by atoms with E-state index in [4.69, 9.17) is 30.5 Å². The fourth-order valence-corrected chi connectivity index (χ4v) is 7.56. The Labute approximate surface area is 375 Å². The number of ether oxygens (including phenoxy) is 4. The van der Waals surface area contributed by atoms with Crippen LogP contribution in [0.5, 0.6) is 5.75 Å². The summed E-state index contributed by atoms with van der Waals surface area (Å²) in [5.41, 5.74) is 1.78. The third-order valence-corrected chi connectivity index (χ3v) is 12.0. The molecule has 3 N–H and O–H groups in total. The molecule has 3 aromatic rings. The summed E-state index contributed by atoms with van der Waals surface area (Å²) in [6.07, 6.45) is 4.94. The quantitative estimate of drug-likeness (QED) is 0.0921. The molecule has 15 nitrogen and oxygen atoms in total. The molecule has 0 spiro atoms. The molecule has 16 heteroatoms. The number of carbonyl (C=O) groups excluding carboxylic acids is 5. The number of nitrogens with one attached hydrogen (secondary N) is 3. The summed E-state index contributed by atoms with van der Waals surface area (Å²) >= 11 is 6.40. The van der Waals surface area contributed by atoms with Crippen molar-refractivity contribution in [3.8, 4) is 5.75 Å². The van der Waals surface area contributed by atoms with Crippen molar-refractivity contribution in [3.05, 3.63) is 88.2 Å². The third-order valence-electron chi connectivity index (χ3n) is 11.7. The highest BCUT2D eigenvalue weighted by molar-refractivity contribution is 6.32. The summed E-state index contributed by atoms with van der Waals surface area (Å²) in [7, 11) is 1.51. The number of hydrogen-bond donors (Lipinski definition) is 3. The van der Waals surface area contributed by atoms with Crippen LogP contribution in [-0.4, -0.2) is 88.5 Å². The number of esters is 1. The molecule has 3 heterocycles. The van der Waals surface area contributed by atoms with Gasteiger partial charge in [-0.25, -0.2) is 9.48 Å². The molecule has 2 aliphatic rings. The van der Waals surface area contributed by atoms with Crippen LogP contribution in [-0.2, 0) is 57.8 Å². The standard InChI is InChI=1S/C47H63ClN6O9/c1-10-34(55)20-21-61-27-33-26-54(53-52-33)25-30-14-17-32(18-15-30)42-41(63-42)28(2)38-12-11-13-40(56)50-36(23-31-16-19-39(60-9)35(48)22-31)43(57)49-29(3)47(7,8)45(59)51-37(44(58)62-38)24-46(4,5)6/h11,13-19,22,26,28-29,36-38,41-42H,10,12,20-21,23-25,27H2,1-9H3,(H,49,57)(H,50,56)(H,51,59)/b13-11+/t28-,29-,36+,37-,38-,41+,42+/m0/s1. The number of benzene rings is 2. The van der Waals surface area contributed by atoms with E-state index in [9.17, 15) is 24.0 Å². The summed E-state index contributed by atoms with van der Waals surface area (Å²) in [6, 6.07) is 10.4. The van der Waals surface area contributed by atoms with E-state index in [1.54, 1.807) is 49.7 Å². The molecule has 63 heavy (non-hydrogen) atoms. The highest BCUT2D eigenvalue weighted by atomic mass is 35.5. The summed E-state index contributed by atoms with van der Waals surface area (Å²) in [5, 5.41) is 17.5. The predicted molar refractivity (Wildman–Crippen MR) is 237 cm³/mol. The molecule has 0 aliphatic carbocycles. The molecule has 3 amide bonds. The summed E-state index contributed by atoms with van der Waals surface area (Å²) in [4.78, 5) is 67.0. The molecule has 1 fully saturated rings. The summed E-state index contributed by atoms with van der Waals surface area (Å²) in [6.45, 7) is 15.9. The molecule has 2 aromatic carbocycles. The molecule has 0 bridgehead atoms. The maximum absolute atomic E-state index is 14.1. The average Bonchev–Trinajstić information content (AvgIpc) is 3.91. The highest BCUT2D eigenvalue weighted by Crippen LogP contribution is 2.45. The van der Waals surface area contributed by atoms with E-state index in [-0.39, 0.29) is 48.8 Å².